The molecule has 0 aromatic carbocycles. The third-order valence-electron chi connectivity index (χ3n) is 3.28. The number of hydrogen-bond acceptors (Lipinski definition) is 9. The fraction of sp³-hybridized carbons (Fsp3) is 1.00. The van der Waals surface area contributed by atoms with Crippen molar-refractivity contribution in [2.24, 2.45) is 0 Å². The van der Waals surface area contributed by atoms with Crippen molar-refractivity contribution < 1.29 is 45.2 Å². The molecule has 0 amide bonds. The van der Waals surface area contributed by atoms with Gasteiger partial charge in [-0.15, -0.1) is 0 Å². The summed E-state index contributed by atoms with van der Waals surface area (Å²) in [6, 6.07) is 0. The van der Waals surface area contributed by atoms with E-state index in [1.54, 1.807) is 0 Å². The lowest BCUT2D eigenvalue weighted by Gasteiger charge is -2.40. The van der Waals surface area contributed by atoms with Crippen LogP contribution >= 0.6 is 0 Å². The van der Waals surface area contributed by atoms with E-state index in [9.17, 15) is 25.5 Å². The van der Waals surface area contributed by atoms with Crippen LogP contribution in [0.1, 0.15) is 6.92 Å². The van der Waals surface area contributed by atoms with E-state index >= 15 is 0 Å². The second kappa shape index (κ2) is 7.07. The van der Waals surface area contributed by atoms with Crippen LogP contribution in [0.15, 0.2) is 0 Å². The van der Waals surface area contributed by atoms with Crippen molar-refractivity contribution in [1.29, 1.82) is 0 Å². The SMILES string of the molecule is CC(O)(COC1OC(CO)C(O)C(O)C1O)C(O)CO. The standard InChI is InChI=1S/C11H22O9/c1-11(18,6(14)3-13)4-19-10-9(17)8(16)7(15)5(2-12)20-10/h5-10,12-18H,2-4H2,1H3. The summed E-state index contributed by atoms with van der Waals surface area (Å²) < 4.78 is 10.1. The Morgan fingerprint density at radius 1 is 1.15 bits per heavy atom. The summed E-state index contributed by atoms with van der Waals surface area (Å²) in [7, 11) is 0. The van der Waals surface area contributed by atoms with Gasteiger partial charge in [0.2, 0.25) is 0 Å². The van der Waals surface area contributed by atoms with E-state index < -0.39 is 62.2 Å². The molecule has 9 heteroatoms. The van der Waals surface area contributed by atoms with Crippen LogP contribution in [-0.2, 0) is 9.47 Å². The van der Waals surface area contributed by atoms with Crippen molar-refractivity contribution in [1.82, 2.24) is 0 Å². The second-order valence-corrected chi connectivity index (χ2v) is 5.06. The maximum absolute atomic E-state index is 9.81. The Bertz CT molecular complexity index is 296. The molecule has 0 bridgehead atoms. The Hall–Kier alpha value is -0.360. The van der Waals surface area contributed by atoms with Crippen molar-refractivity contribution in [2.45, 2.75) is 49.3 Å². The summed E-state index contributed by atoms with van der Waals surface area (Å²) >= 11 is 0. The van der Waals surface area contributed by atoms with E-state index in [1.165, 1.54) is 6.92 Å². The topological polar surface area (TPSA) is 160 Å². The van der Waals surface area contributed by atoms with Gasteiger partial charge in [-0.2, -0.15) is 0 Å². The predicted octanol–water partition coefficient (Wildman–Crippen LogP) is -4.09. The number of aliphatic hydroxyl groups is 7. The zero-order valence-corrected chi connectivity index (χ0v) is 11.0. The monoisotopic (exact) mass is 298 g/mol. The van der Waals surface area contributed by atoms with Crippen LogP contribution in [0.3, 0.4) is 0 Å². The third kappa shape index (κ3) is 3.85. The first-order chi connectivity index (χ1) is 9.24. The van der Waals surface area contributed by atoms with Crippen LogP contribution in [-0.4, -0.2) is 98.0 Å². The van der Waals surface area contributed by atoms with Crippen molar-refractivity contribution in [3.8, 4) is 0 Å². The molecule has 7 N–H and O–H groups in total. The predicted molar refractivity (Wildman–Crippen MR) is 63.4 cm³/mol. The molecule has 0 aromatic heterocycles. The Morgan fingerprint density at radius 3 is 2.25 bits per heavy atom. The maximum Gasteiger partial charge on any atom is 0.186 e. The summed E-state index contributed by atoms with van der Waals surface area (Å²) in [5.41, 5.74) is -1.80. The Morgan fingerprint density at radius 2 is 1.75 bits per heavy atom. The molecular weight excluding hydrogens is 276 g/mol. The first kappa shape index (κ1) is 17.7. The Labute approximate surface area is 115 Å². The van der Waals surface area contributed by atoms with E-state index in [-0.39, 0.29) is 0 Å². The van der Waals surface area contributed by atoms with Gasteiger partial charge >= 0.3 is 0 Å². The Kier molecular flexibility index (Phi) is 6.25. The smallest absolute Gasteiger partial charge is 0.186 e. The van der Waals surface area contributed by atoms with Gasteiger partial charge in [0, 0.05) is 0 Å². The first-order valence-electron chi connectivity index (χ1n) is 6.18. The van der Waals surface area contributed by atoms with Crippen LogP contribution in [0.4, 0.5) is 0 Å². The highest BCUT2D eigenvalue weighted by Gasteiger charge is 2.45. The molecule has 120 valence electrons. The van der Waals surface area contributed by atoms with E-state index in [2.05, 4.69) is 0 Å². The van der Waals surface area contributed by atoms with E-state index in [0.717, 1.165) is 0 Å². The van der Waals surface area contributed by atoms with Gasteiger partial charge in [-0.1, -0.05) is 0 Å². The minimum absolute atomic E-state index is 0.503. The number of hydrogen-bond donors (Lipinski definition) is 7. The van der Waals surface area contributed by atoms with Crippen molar-refractivity contribution in [2.75, 3.05) is 19.8 Å². The third-order valence-corrected chi connectivity index (χ3v) is 3.28. The van der Waals surface area contributed by atoms with E-state index in [0.29, 0.717) is 0 Å². The summed E-state index contributed by atoms with van der Waals surface area (Å²) in [6.45, 7) is -0.583. The fourth-order valence-electron chi connectivity index (χ4n) is 1.75. The van der Waals surface area contributed by atoms with Gasteiger partial charge in [0.05, 0.1) is 19.8 Å². The summed E-state index contributed by atoms with van der Waals surface area (Å²) in [5.74, 6) is 0. The van der Waals surface area contributed by atoms with Gasteiger partial charge in [0.1, 0.15) is 36.1 Å². The molecule has 0 spiro atoms. The molecule has 0 aromatic rings. The normalized spacial score (nSPS) is 39.3. The van der Waals surface area contributed by atoms with Gasteiger partial charge in [0.25, 0.3) is 0 Å². The molecule has 0 radical (unpaired) electrons. The Balaban J connectivity index is 2.62. The van der Waals surface area contributed by atoms with Crippen LogP contribution in [0.2, 0.25) is 0 Å². The number of rotatable bonds is 6. The average Bonchev–Trinajstić information content (AvgIpc) is 2.43. The highest BCUT2D eigenvalue weighted by Crippen LogP contribution is 2.23. The van der Waals surface area contributed by atoms with Crippen molar-refractivity contribution in [3.63, 3.8) is 0 Å². The van der Waals surface area contributed by atoms with Gasteiger partial charge in [-0.3, -0.25) is 0 Å². The minimum Gasteiger partial charge on any atom is -0.394 e. The average molecular weight is 298 g/mol. The molecule has 7 atom stereocenters. The molecule has 1 aliphatic rings. The molecule has 20 heavy (non-hydrogen) atoms. The zero-order valence-electron chi connectivity index (χ0n) is 11.0. The van der Waals surface area contributed by atoms with Crippen LogP contribution in [0.5, 0.6) is 0 Å². The fourth-order valence-corrected chi connectivity index (χ4v) is 1.75. The van der Waals surface area contributed by atoms with E-state index in [1.807, 2.05) is 0 Å². The van der Waals surface area contributed by atoms with Gasteiger partial charge < -0.3 is 45.2 Å². The van der Waals surface area contributed by atoms with Gasteiger partial charge in [-0.05, 0) is 6.92 Å². The lowest BCUT2D eigenvalue weighted by atomic mass is 9.98. The number of ether oxygens (including phenoxy) is 2. The molecule has 1 rings (SSSR count). The molecule has 1 saturated heterocycles. The molecule has 1 fully saturated rings. The molecular formula is C11H22O9. The summed E-state index contributed by atoms with van der Waals surface area (Å²) in [4.78, 5) is 0. The lowest BCUT2D eigenvalue weighted by Crippen LogP contribution is -2.60. The molecule has 0 saturated carbocycles. The highest BCUT2D eigenvalue weighted by molar-refractivity contribution is 4.89. The molecule has 7 unspecified atom stereocenters. The quantitative estimate of drug-likeness (QED) is 0.258. The molecule has 9 nitrogen and oxygen atoms in total. The maximum atomic E-state index is 9.81. The van der Waals surface area contributed by atoms with Crippen LogP contribution < -0.4 is 0 Å². The number of aliphatic hydroxyl groups excluding tert-OH is 6. The van der Waals surface area contributed by atoms with Crippen molar-refractivity contribution in [3.05, 3.63) is 0 Å². The molecule has 1 aliphatic heterocycles. The highest BCUT2D eigenvalue weighted by atomic mass is 16.7. The van der Waals surface area contributed by atoms with Gasteiger partial charge in [0.15, 0.2) is 6.29 Å². The van der Waals surface area contributed by atoms with Crippen molar-refractivity contribution >= 4 is 0 Å². The van der Waals surface area contributed by atoms with Crippen LogP contribution in [0.25, 0.3) is 0 Å². The molecule has 0 aliphatic carbocycles. The zero-order chi connectivity index (χ0) is 15.5. The summed E-state index contributed by atoms with van der Waals surface area (Å²) in [6.07, 6.45) is -8.66. The molecule has 1 heterocycles. The summed E-state index contributed by atoms with van der Waals surface area (Å²) in [5, 5.41) is 65.7. The van der Waals surface area contributed by atoms with Gasteiger partial charge in [-0.25, -0.2) is 0 Å². The second-order valence-electron chi connectivity index (χ2n) is 5.06. The van der Waals surface area contributed by atoms with Crippen LogP contribution in [0, 0.1) is 0 Å². The minimum atomic E-state index is -1.80. The first-order valence-corrected chi connectivity index (χ1v) is 6.18. The largest absolute Gasteiger partial charge is 0.394 e. The lowest BCUT2D eigenvalue weighted by molar-refractivity contribution is -0.311. The van der Waals surface area contributed by atoms with E-state index in [4.69, 9.17) is 19.7 Å².